The molecule has 3 rings (SSSR count). The van der Waals surface area contributed by atoms with Gasteiger partial charge < -0.3 is 9.72 Å². The van der Waals surface area contributed by atoms with Crippen molar-refractivity contribution in [1.29, 1.82) is 0 Å². The van der Waals surface area contributed by atoms with Crippen LogP contribution < -0.4 is 5.56 Å². The lowest BCUT2D eigenvalue weighted by Gasteiger charge is -2.06. The molecular formula is C17H12ClFN2O3. The molecule has 0 radical (unpaired) electrons. The molecule has 5 nitrogen and oxygen atoms in total. The number of H-pyrrole nitrogens is 1. The summed E-state index contributed by atoms with van der Waals surface area (Å²) in [5.41, 5.74) is 0.587. The first kappa shape index (κ1) is 16.1. The molecule has 0 atom stereocenters. The maximum atomic E-state index is 13.5. The molecule has 2 aromatic carbocycles. The fraction of sp³-hybridized carbons (Fsp3) is 0.118. The Labute approximate surface area is 141 Å². The van der Waals surface area contributed by atoms with Gasteiger partial charge in [-0.3, -0.25) is 4.79 Å². The molecule has 1 N–H and O–H groups in total. The predicted molar refractivity (Wildman–Crippen MR) is 87.6 cm³/mol. The molecule has 1 aromatic heterocycles. The van der Waals surface area contributed by atoms with Crippen molar-refractivity contribution in [1.82, 2.24) is 9.97 Å². The Morgan fingerprint density at radius 3 is 2.83 bits per heavy atom. The number of carbonyl (C=O) groups is 1. The number of benzene rings is 2. The Morgan fingerprint density at radius 2 is 2.08 bits per heavy atom. The van der Waals surface area contributed by atoms with Crippen LogP contribution in [0.3, 0.4) is 0 Å². The number of fused-ring (bicyclic) bond motifs is 1. The molecule has 0 aliphatic rings. The Bertz CT molecular complexity index is 1000. The number of hydrogen-bond acceptors (Lipinski definition) is 4. The highest BCUT2D eigenvalue weighted by Gasteiger charge is 2.11. The number of carbonyl (C=O) groups excluding carboxylic acids is 1. The second-order valence-corrected chi connectivity index (χ2v) is 5.65. The summed E-state index contributed by atoms with van der Waals surface area (Å²) in [6, 6.07) is 8.80. The molecule has 0 bridgehead atoms. The van der Waals surface area contributed by atoms with E-state index in [1.807, 2.05) is 0 Å². The third-order valence-electron chi connectivity index (χ3n) is 3.46. The summed E-state index contributed by atoms with van der Waals surface area (Å²) < 4.78 is 18.6. The molecule has 0 fully saturated rings. The monoisotopic (exact) mass is 346 g/mol. The normalized spacial score (nSPS) is 10.8. The zero-order chi connectivity index (χ0) is 17.3. The summed E-state index contributed by atoms with van der Waals surface area (Å²) >= 11 is 5.84. The molecule has 0 saturated carbocycles. The van der Waals surface area contributed by atoms with Crippen LogP contribution in [0.25, 0.3) is 10.9 Å². The van der Waals surface area contributed by atoms with Crippen LogP contribution in [0.2, 0.25) is 5.02 Å². The quantitative estimate of drug-likeness (QED) is 0.738. The zero-order valence-corrected chi connectivity index (χ0v) is 13.4. The van der Waals surface area contributed by atoms with Crippen molar-refractivity contribution in [2.24, 2.45) is 0 Å². The molecule has 24 heavy (non-hydrogen) atoms. The Balaban J connectivity index is 1.80. The highest BCUT2D eigenvalue weighted by atomic mass is 35.5. The minimum Gasteiger partial charge on any atom is -0.454 e. The maximum absolute atomic E-state index is 13.5. The van der Waals surface area contributed by atoms with E-state index in [9.17, 15) is 14.0 Å². The van der Waals surface area contributed by atoms with Gasteiger partial charge in [0.05, 0.1) is 16.5 Å². The van der Waals surface area contributed by atoms with E-state index in [0.717, 1.165) is 6.07 Å². The number of aryl methyl sites for hydroxylation is 1. The molecule has 0 spiro atoms. The van der Waals surface area contributed by atoms with E-state index >= 15 is 0 Å². The summed E-state index contributed by atoms with van der Waals surface area (Å²) in [5.74, 6) is -0.998. The van der Waals surface area contributed by atoms with E-state index < -0.39 is 11.8 Å². The van der Waals surface area contributed by atoms with Crippen molar-refractivity contribution in [2.75, 3.05) is 0 Å². The molecule has 0 saturated heterocycles. The average molecular weight is 347 g/mol. The van der Waals surface area contributed by atoms with Gasteiger partial charge in [0, 0.05) is 5.02 Å². The topological polar surface area (TPSA) is 72.0 Å². The van der Waals surface area contributed by atoms with Crippen molar-refractivity contribution in [3.63, 3.8) is 0 Å². The molecule has 1 heterocycles. The van der Waals surface area contributed by atoms with E-state index in [1.165, 1.54) is 18.2 Å². The highest BCUT2D eigenvalue weighted by Crippen LogP contribution is 2.15. The largest absolute Gasteiger partial charge is 0.454 e. The molecule has 0 aliphatic carbocycles. The molecule has 0 amide bonds. The van der Waals surface area contributed by atoms with Crippen LogP contribution in [-0.2, 0) is 11.3 Å². The van der Waals surface area contributed by atoms with Gasteiger partial charge in [-0.15, -0.1) is 0 Å². The third kappa shape index (κ3) is 3.28. The number of aromatic amines is 1. The SMILES string of the molecule is Cc1ccc(C(=O)OCc2nc3ccc(Cl)cc3c(=O)[nH]2)cc1F. The van der Waals surface area contributed by atoms with Gasteiger partial charge >= 0.3 is 5.97 Å². The molecule has 0 unspecified atom stereocenters. The zero-order valence-electron chi connectivity index (χ0n) is 12.6. The summed E-state index contributed by atoms with van der Waals surface area (Å²) in [6.07, 6.45) is 0. The van der Waals surface area contributed by atoms with Crippen molar-refractivity contribution >= 4 is 28.5 Å². The lowest BCUT2D eigenvalue weighted by molar-refractivity contribution is 0.0461. The molecule has 122 valence electrons. The second kappa shape index (κ2) is 6.41. The van der Waals surface area contributed by atoms with Gasteiger partial charge in [-0.25, -0.2) is 14.2 Å². The first-order chi connectivity index (χ1) is 11.4. The number of halogens is 2. The maximum Gasteiger partial charge on any atom is 0.338 e. The van der Waals surface area contributed by atoms with Crippen LogP contribution in [0.1, 0.15) is 21.7 Å². The minimum absolute atomic E-state index is 0.0908. The molecule has 3 aromatic rings. The van der Waals surface area contributed by atoms with Crippen LogP contribution >= 0.6 is 11.6 Å². The van der Waals surface area contributed by atoms with Gasteiger partial charge in [-0.1, -0.05) is 17.7 Å². The van der Waals surface area contributed by atoms with Gasteiger partial charge in [0.25, 0.3) is 5.56 Å². The summed E-state index contributed by atoms with van der Waals surface area (Å²) in [7, 11) is 0. The number of rotatable bonds is 3. The number of ether oxygens (including phenoxy) is 1. The number of aromatic nitrogens is 2. The van der Waals surface area contributed by atoms with Crippen LogP contribution in [0.5, 0.6) is 0 Å². The van der Waals surface area contributed by atoms with Crippen LogP contribution in [0, 0.1) is 12.7 Å². The van der Waals surface area contributed by atoms with E-state index in [4.69, 9.17) is 16.3 Å². The fourth-order valence-electron chi connectivity index (χ4n) is 2.16. The van der Waals surface area contributed by atoms with E-state index in [2.05, 4.69) is 9.97 Å². The number of nitrogens with zero attached hydrogens (tertiary/aromatic N) is 1. The van der Waals surface area contributed by atoms with E-state index in [0.29, 0.717) is 21.5 Å². The van der Waals surface area contributed by atoms with Crippen LogP contribution in [-0.4, -0.2) is 15.9 Å². The smallest absolute Gasteiger partial charge is 0.338 e. The third-order valence-corrected chi connectivity index (χ3v) is 3.70. The number of esters is 1. The van der Waals surface area contributed by atoms with E-state index in [1.54, 1.807) is 19.1 Å². The Morgan fingerprint density at radius 1 is 1.29 bits per heavy atom. The van der Waals surface area contributed by atoms with Crippen molar-refractivity contribution in [3.8, 4) is 0 Å². The molecule has 7 heteroatoms. The molecular weight excluding hydrogens is 335 g/mol. The Hall–Kier alpha value is -2.73. The van der Waals surface area contributed by atoms with Gasteiger partial charge in [0.15, 0.2) is 0 Å². The predicted octanol–water partition coefficient (Wildman–Crippen LogP) is 3.38. The number of nitrogens with one attached hydrogen (secondary N) is 1. The van der Waals surface area contributed by atoms with Crippen molar-refractivity contribution in [2.45, 2.75) is 13.5 Å². The van der Waals surface area contributed by atoms with Crippen LogP contribution in [0.4, 0.5) is 4.39 Å². The standard InChI is InChI=1S/C17H12ClFN2O3/c1-9-2-3-10(6-13(9)19)17(23)24-8-15-20-14-5-4-11(18)7-12(14)16(22)21-15/h2-7H,8H2,1H3,(H,20,21,22). The van der Waals surface area contributed by atoms with Gasteiger partial charge in [0.1, 0.15) is 18.2 Å². The minimum atomic E-state index is -0.701. The first-order valence-electron chi connectivity index (χ1n) is 7.06. The van der Waals surface area contributed by atoms with Crippen molar-refractivity contribution < 1.29 is 13.9 Å². The molecule has 0 aliphatic heterocycles. The second-order valence-electron chi connectivity index (χ2n) is 5.21. The average Bonchev–Trinajstić information content (AvgIpc) is 2.56. The fourth-order valence-corrected chi connectivity index (χ4v) is 2.34. The van der Waals surface area contributed by atoms with Gasteiger partial charge in [-0.05, 0) is 42.8 Å². The Kier molecular flexibility index (Phi) is 4.31. The van der Waals surface area contributed by atoms with Gasteiger partial charge in [0.2, 0.25) is 0 Å². The highest BCUT2D eigenvalue weighted by molar-refractivity contribution is 6.31. The lowest BCUT2D eigenvalue weighted by atomic mass is 10.1. The lowest BCUT2D eigenvalue weighted by Crippen LogP contribution is -2.14. The summed E-state index contributed by atoms with van der Waals surface area (Å²) in [4.78, 5) is 30.7. The van der Waals surface area contributed by atoms with Crippen molar-refractivity contribution in [3.05, 3.63) is 74.5 Å². The summed E-state index contributed by atoms with van der Waals surface area (Å²) in [6.45, 7) is 1.36. The van der Waals surface area contributed by atoms with E-state index in [-0.39, 0.29) is 23.6 Å². The van der Waals surface area contributed by atoms with Gasteiger partial charge in [-0.2, -0.15) is 0 Å². The number of hydrogen-bond donors (Lipinski definition) is 1. The first-order valence-corrected chi connectivity index (χ1v) is 7.43. The summed E-state index contributed by atoms with van der Waals surface area (Å²) in [5, 5.41) is 0.772. The van der Waals surface area contributed by atoms with Crippen LogP contribution in [0.15, 0.2) is 41.2 Å².